The quantitative estimate of drug-likeness (QED) is 0.624. The SMILES string of the molecule is CCNC(=NCc1cccc(O)c1)N(C)Cc1ccc(OC)c(F)c1. The highest BCUT2D eigenvalue weighted by Crippen LogP contribution is 2.18. The number of phenols is 1. The summed E-state index contributed by atoms with van der Waals surface area (Å²) in [7, 11) is 3.34. The van der Waals surface area contributed by atoms with E-state index in [2.05, 4.69) is 10.3 Å². The molecule has 0 atom stereocenters. The smallest absolute Gasteiger partial charge is 0.194 e. The largest absolute Gasteiger partial charge is 0.508 e. The van der Waals surface area contributed by atoms with Gasteiger partial charge in [-0.25, -0.2) is 9.38 Å². The van der Waals surface area contributed by atoms with E-state index in [9.17, 15) is 9.50 Å². The molecule has 0 saturated carbocycles. The number of hydrogen-bond donors (Lipinski definition) is 2. The van der Waals surface area contributed by atoms with E-state index in [1.54, 1.807) is 24.3 Å². The number of methoxy groups -OCH3 is 1. The number of phenolic OH excluding ortho intramolecular Hbond substituents is 1. The maximum Gasteiger partial charge on any atom is 0.194 e. The molecule has 0 aromatic heterocycles. The van der Waals surface area contributed by atoms with Crippen molar-refractivity contribution in [2.45, 2.75) is 20.0 Å². The second-order valence-electron chi connectivity index (χ2n) is 5.67. The fraction of sp³-hybridized carbons (Fsp3) is 0.316. The first-order valence-electron chi connectivity index (χ1n) is 8.13. The molecule has 0 saturated heterocycles. The van der Waals surface area contributed by atoms with Crippen molar-refractivity contribution in [3.63, 3.8) is 0 Å². The van der Waals surface area contributed by atoms with Crippen LogP contribution in [0.2, 0.25) is 0 Å². The third kappa shape index (κ3) is 5.38. The molecular weight excluding hydrogens is 321 g/mol. The normalized spacial score (nSPS) is 11.3. The monoisotopic (exact) mass is 345 g/mol. The maximum atomic E-state index is 13.8. The summed E-state index contributed by atoms with van der Waals surface area (Å²) < 4.78 is 18.8. The van der Waals surface area contributed by atoms with Crippen molar-refractivity contribution in [1.29, 1.82) is 0 Å². The van der Waals surface area contributed by atoms with Crippen LogP contribution in [0.15, 0.2) is 47.5 Å². The van der Waals surface area contributed by atoms with Crippen molar-refractivity contribution in [1.82, 2.24) is 10.2 Å². The van der Waals surface area contributed by atoms with E-state index in [0.717, 1.165) is 17.7 Å². The van der Waals surface area contributed by atoms with Crippen LogP contribution >= 0.6 is 0 Å². The van der Waals surface area contributed by atoms with Crippen LogP contribution in [-0.4, -0.2) is 36.7 Å². The van der Waals surface area contributed by atoms with E-state index >= 15 is 0 Å². The van der Waals surface area contributed by atoms with E-state index < -0.39 is 0 Å². The molecule has 6 heteroatoms. The first-order chi connectivity index (χ1) is 12.0. The number of ether oxygens (including phenoxy) is 1. The molecule has 0 aliphatic rings. The molecule has 0 heterocycles. The average molecular weight is 345 g/mol. The predicted molar refractivity (Wildman–Crippen MR) is 97.3 cm³/mol. The van der Waals surface area contributed by atoms with Gasteiger partial charge in [0.2, 0.25) is 0 Å². The standard InChI is InChI=1S/C19H24FN3O2/c1-4-21-19(22-12-14-6-5-7-16(24)10-14)23(2)13-15-8-9-18(25-3)17(20)11-15/h5-11,24H,4,12-13H2,1-3H3,(H,21,22). The van der Waals surface area contributed by atoms with Gasteiger partial charge in [-0.1, -0.05) is 18.2 Å². The molecule has 134 valence electrons. The molecule has 2 aromatic rings. The van der Waals surface area contributed by atoms with Gasteiger partial charge in [-0.3, -0.25) is 0 Å². The Morgan fingerprint density at radius 3 is 2.68 bits per heavy atom. The number of rotatable bonds is 6. The van der Waals surface area contributed by atoms with Crippen LogP contribution in [-0.2, 0) is 13.1 Å². The molecule has 0 aliphatic carbocycles. The maximum absolute atomic E-state index is 13.8. The molecule has 2 rings (SSSR count). The minimum atomic E-state index is -0.380. The second kappa shape index (κ2) is 8.92. The molecule has 2 N–H and O–H groups in total. The topological polar surface area (TPSA) is 57.1 Å². The summed E-state index contributed by atoms with van der Waals surface area (Å²) in [6.45, 7) is 3.66. The third-order valence-electron chi connectivity index (χ3n) is 3.65. The second-order valence-corrected chi connectivity index (χ2v) is 5.67. The average Bonchev–Trinajstić information content (AvgIpc) is 2.58. The number of nitrogens with one attached hydrogen (secondary N) is 1. The van der Waals surface area contributed by atoms with Crippen LogP contribution < -0.4 is 10.1 Å². The molecule has 0 amide bonds. The summed E-state index contributed by atoms with van der Waals surface area (Å²) in [6, 6.07) is 11.9. The molecule has 0 fully saturated rings. The van der Waals surface area contributed by atoms with Crippen LogP contribution in [0, 0.1) is 5.82 Å². The number of halogens is 1. The summed E-state index contributed by atoms with van der Waals surface area (Å²) in [5.41, 5.74) is 1.74. The fourth-order valence-corrected chi connectivity index (χ4v) is 2.45. The van der Waals surface area contributed by atoms with Crippen LogP contribution in [0.4, 0.5) is 4.39 Å². The van der Waals surface area contributed by atoms with Crippen molar-refractivity contribution in [2.24, 2.45) is 4.99 Å². The van der Waals surface area contributed by atoms with Gasteiger partial charge >= 0.3 is 0 Å². The molecule has 0 aliphatic heterocycles. The fourth-order valence-electron chi connectivity index (χ4n) is 2.45. The summed E-state index contributed by atoms with van der Waals surface area (Å²) in [6.07, 6.45) is 0. The highest BCUT2D eigenvalue weighted by molar-refractivity contribution is 5.79. The van der Waals surface area contributed by atoms with Gasteiger partial charge in [0.05, 0.1) is 13.7 Å². The van der Waals surface area contributed by atoms with Crippen LogP contribution in [0.25, 0.3) is 0 Å². The lowest BCUT2D eigenvalue weighted by Gasteiger charge is -2.22. The van der Waals surface area contributed by atoms with Gasteiger partial charge in [-0.2, -0.15) is 0 Å². The summed E-state index contributed by atoms with van der Waals surface area (Å²) >= 11 is 0. The summed E-state index contributed by atoms with van der Waals surface area (Å²) in [5.74, 6) is 0.785. The van der Waals surface area contributed by atoms with E-state index in [0.29, 0.717) is 19.0 Å². The number of aromatic hydroxyl groups is 1. The zero-order valence-electron chi connectivity index (χ0n) is 14.8. The third-order valence-corrected chi connectivity index (χ3v) is 3.65. The summed E-state index contributed by atoms with van der Waals surface area (Å²) in [5, 5.41) is 12.8. The van der Waals surface area contributed by atoms with E-state index in [4.69, 9.17) is 4.74 Å². The Morgan fingerprint density at radius 1 is 1.24 bits per heavy atom. The first kappa shape index (κ1) is 18.6. The van der Waals surface area contributed by atoms with Crippen LogP contribution in [0.5, 0.6) is 11.5 Å². The van der Waals surface area contributed by atoms with Crippen LogP contribution in [0.3, 0.4) is 0 Å². The van der Waals surface area contributed by atoms with Crippen molar-refractivity contribution >= 4 is 5.96 Å². The van der Waals surface area contributed by atoms with Gasteiger partial charge in [0.1, 0.15) is 5.75 Å². The summed E-state index contributed by atoms with van der Waals surface area (Å²) in [4.78, 5) is 6.50. The molecule has 25 heavy (non-hydrogen) atoms. The number of benzene rings is 2. The Kier molecular flexibility index (Phi) is 6.62. The van der Waals surface area contributed by atoms with Gasteiger partial charge < -0.3 is 20.1 Å². The number of aliphatic imine (C=N–C) groups is 1. The first-order valence-corrected chi connectivity index (χ1v) is 8.13. The van der Waals surface area contributed by atoms with Gasteiger partial charge in [0.15, 0.2) is 17.5 Å². The molecule has 0 bridgehead atoms. The molecule has 5 nitrogen and oxygen atoms in total. The van der Waals surface area contributed by atoms with Crippen LogP contribution in [0.1, 0.15) is 18.1 Å². The highest BCUT2D eigenvalue weighted by Gasteiger charge is 2.09. The number of nitrogens with zero attached hydrogens (tertiary/aromatic N) is 2. The van der Waals surface area contributed by atoms with E-state index in [-0.39, 0.29) is 17.3 Å². The zero-order valence-corrected chi connectivity index (χ0v) is 14.8. The molecular formula is C19H24FN3O2. The Labute approximate surface area is 147 Å². The highest BCUT2D eigenvalue weighted by atomic mass is 19.1. The lowest BCUT2D eigenvalue weighted by molar-refractivity contribution is 0.385. The Morgan fingerprint density at radius 2 is 2.04 bits per heavy atom. The van der Waals surface area contributed by atoms with Gasteiger partial charge in [-0.15, -0.1) is 0 Å². The minimum Gasteiger partial charge on any atom is -0.508 e. The lowest BCUT2D eigenvalue weighted by Crippen LogP contribution is -2.38. The van der Waals surface area contributed by atoms with Crippen molar-refractivity contribution in [3.05, 3.63) is 59.4 Å². The minimum absolute atomic E-state index is 0.222. The Balaban J connectivity index is 2.10. The molecule has 0 radical (unpaired) electrons. The van der Waals surface area contributed by atoms with Crippen molar-refractivity contribution in [2.75, 3.05) is 20.7 Å². The van der Waals surface area contributed by atoms with E-state index in [1.165, 1.54) is 13.2 Å². The van der Waals surface area contributed by atoms with E-state index in [1.807, 2.05) is 31.0 Å². The van der Waals surface area contributed by atoms with Gasteiger partial charge in [0, 0.05) is 20.1 Å². The molecule has 0 unspecified atom stereocenters. The predicted octanol–water partition coefficient (Wildman–Crippen LogP) is 3.14. The Bertz CT molecular complexity index is 734. The Hall–Kier alpha value is -2.76. The lowest BCUT2D eigenvalue weighted by atomic mass is 10.2. The van der Waals surface area contributed by atoms with Crippen molar-refractivity contribution in [3.8, 4) is 11.5 Å². The zero-order chi connectivity index (χ0) is 18.2. The molecule has 2 aromatic carbocycles. The molecule has 0 spiro atoms. The number of hydrogen-bond acceptors (Lipinski definition) is 3. The number of guanidine groups is 1. The van der Waals surface area contributed by atoms with Crippen molar-refractivity contribution < 1.29 is 14.2 Å². The van der Waals surface area contributed by atoms with Gasteiger partial charge in [0.25, 0.3) is 0 Å². The van der Waals surface area contributed by atoms with Gasteiger partial charge in [-0.05, 0) is 42.3 Å².